The van der Waals surface area contributed by atoms with Crippen LogP contribution in [0.4, 0.5) is 19.0 Å². The van der Waals surface area contributed by atoms with Crippen LogP contribution in [0.5, 0.6) is 0 Å². The lowest BCUT2D eigenvalue weighted by molar-refractivity contribution is -0.141. The molecule has 0 saturated heterocycles. The average Bonchev–Trinajstić information content (AvgIpc) is 3.12. The van der Waals surface area contributed by atoms with Crippen molar-refractivity contribution in [2.75, 3.05) is 11.9 Å². The van der Waals surface area contributed by atoms with Crippen LogP contribution in [-0.4, -0.2) is 28.6 Å². The number of rotatable bonds is 3. The van der Waals surface area contributed by atoms with E-state index in [1.165, 1.54) is 0 Å². The van der Waals surface area contributed by atoms with E-state index in [0.717, 1.165) is 17.4 Å². The van der Waals surface area contributed by atoms with Crippen molar-refractivity contribution in [1.82, 2.24) is 15.5 Å². The zero-order valence-corrected chi connectivity index (χ0v) is 15.7. The topological polar surface area (TPSA) is 82.2 Å². The van der Waals surface area contributed by atoms with Gasteiger partial charge < -0.3 is 5.32 Å². The summed E-state index contributed by atoms with van der Waals surface area (Å²) in [5.41, 5.74) is -1.20. The predicted octanol–water partition coefficient (Wildman–Crippen LogP) is 4.39. The Labute approximate surface area is 156 Å². The fourth-order valence-electron chi connectivity index (χ4n) is 1.68. The molecule has 3 N–H and O–H groups in total. The maximum Gasteiger partial charge on any atom is 0.432 e. The Bertz CT molecular complexity index is 807. The van der Waals surface area contributed by atoms with E-state index in [4.69, 9.17) is 11.6 Å². The van der Waals surface area contributed by atoms with E-state index >= 15 is 0 Å². The first-order chi connectivity index (χ1) is 11.9. The summed E-state index contributed by atoms with van der Waals surface area (Å²) in [6, 6.07) is 3.91. The van der Waals surface area contributed by atoms with Gasteiger partial charge in [0.25, 0.3) is 5.91 Å². The van der Waals surface area contributed by atoms with Crippen molar-refractivity contribution in [3.63, 3.8) is 0 Å². The molecule has 0 aliphatic rings. The Kier molecular flexibility index (Phi) is 5.97. The van der Waals surface area contributed by atoms with Crippen LogP contribution in [-0.2, 0) is 6.18 Å². The number of aromatic nitrogens is 2. The quantitative estimate of drug-likeness (QED) is 0.521. The number of alkyl halides is 3. The fourth-order valence-corrected chi connectivity index (χ4v) is 2.62. The molecule has 6 nitrogen and oxygen atoms in total. The molecule has 26 heavy (non-hydrogen) atoms. The molecule has 0 fully saturated rings. The minimum Gasteiger partial charge on any atom is -0.309 e. The summed E-state index contributed by atoms with van der Waals surface area (Å²) in [7, 11) is 0. The lowest BCUT2D eigenvalue weighted by Crippen LogP contribution is -2.36. The van der Waals surface area contributed by atoms with Crippen molar-refractivity contribution in [1.29, 1.82) is 0 Å². The molecule has 0 saturated carbocycles. The second kappa shape index (κ2) is 7.67. The first kappa shape index (κ1) is 20.2. The number of anilines is 1. The zero-order chi connectivity index (χ0) is 19.5. The zero-order valence-electron chi connectivity index (χ0n) is 14.2. The molecule has 0 spiro atoms. The molecule has 0 atom stereocenters. The van der Waals surface area contributed by atoms with Crippen LogP contribution in [0.25, 0.3) is 0 Å². The molecule has 0 aliphatic carbocycles. The van der Waals surface area contributed by atoms with E-state index in [0.29, 0.717) is 15.8 Å². The molecule has 2 rings (SSSR count). The number of thiophene rings is 1. The van der Waals surface area contributed by atoms with E-state index in [-0.39, 0.29) is 17.2 Å². The number of nitrogens with one attached hydrogen (secondary N) is 3. The highest BCUT2D eigenvalue weighted by molar-refractivity contribution is 7.18. The summed E-state index contributed by atoms with van der Waals surface area (Å²) in [6.07, 6.45) is -4.55. The van der Waals surface area contributed by atoms with Gasteiger partial charge in [-0.25, -0.2) is 0 Å². The highest BCUT2D eigenvalue weighted by atomic mass is 35.5. The van der Waals surface area contributed by atoms with Crippen LogP contribution in [0.3, 0.4) is 0 Å². The van der Waals surface area contributed by atoms with Gasteiger partial charge in [0.15, 0.2) is 5.82 Å². The van der Waals surface area contributed by atoms with Gasteiger partial charge in [0.05, 0.1) is 9.21 Å². The smallest absolute Gasteiger partial charge is 0.309 e. The highest BCUT2D eigenvalue weighted by Gasteiger charge is 2.33. The number of aromatic amines is 1. The maximum atomic E-state index is 12.7. The second-order valence-electron chi connectivity index (χ2n) is 6.57. The summed E-state index contributed by atoms with van der Waals surface area (Å²) < 4.78 is 38.4. The van der Waals surface area contributed by atoms with Crippen molar-refractivity contribution < 1.29 is 18.0 Å². The normalized spacial score (nSPS) is 13.0. The third-order valence-corrected chi connectivity index (χ3v) is 4.10. The minimum atomic E-state index is -4.55. The lowest BCUT2D eigenvalue weighted by atomic mass is 9.97. The van der Waals surface area contributed by atoms with Gasteiger partial charge in [-0.15, -0.1) is 11.3 Å². The molecule has 11 heteroatoms. The van der Waals surface area contributed by atoms with Crippen molar-refractivity contribution in [2.45, 2.75) is 26.9 Å². The predicted molar refractivity (Wildman–Crippen MR) is 95.8 cm³/mol. The Morgan fingerprint density at radius 1 is 1.35 bits per heavy atom. The number of H-pyrrole nitrogens is 1. The Morgan fingerprint density at radius 2 is 2.04 bits per heavy atom. The second-order valence-corrected chi connectivity index (χ2v) is 8.29. The molecule has 142 valence electrons. The third kappa shape index (κ3) is 6.03. The molecule has 2 heterocycles. The van der Waals surface area contributed by atoms with Crippen LogP contribution in [0.1, 0.15) is 36.1 Å². The number of carbonyl (C=O) groups is 1. The lowest BCUT2D eigenvalue weighted by Gasteiger charge is -2.16. The van der Waals surface area contributed by atoms with Gasteiger partial charge in [0.1, 0.15) is 5.69 Å². The number of guanidine groups is 1. The van der Waals surface area contributed by atoms with Gasteiger partial charge in [-0.05, 0) is 17.5 Å². The summed E-state index contributed by atoms with van der Waals surface area (Å²) in [4.78, 5) is 16.8. The van der Waals surface area contributed by atoms with Crippen LogP contribution >= 0.6 is 22.9 Å². The summed E-state index contributed by atoms with van der Waals surface area (Å²) >= 11 is 6.88. The first-order valence-corrected chi connectivity index (χ1v) is 8.64. The van der Waals surface area contributed by atoms with Crippen molar-refractivity contribution in [3.8, 4) is 0 Å². The molecular weight excluding hydrogens is 391 g/mol. The van der Waals surface area contributed by atoms with Crippen LogP contribution in [0.2, 0.25) is 4.34 Å². The number of aliphatic imine (C=N–C) groups is 1. The minimum absolute atomic E-state index is 0.00493. The number of halogens is 4. The van der Waals surface area contributed by atoms with Gasteiger partial charge in [-0.2, -0.15) is 18.3 Å². The molecule has 0 unspecified atom stereocenters. The molecule has 2 aromatic rings. The van der Waals surface area contributed by atoms with Crippen LogP contribution < -0.4 is 10.6 Å². The third-order valence-electron chi connectivity index (χ3n) is 2.87. The molecule has 0 aromatic carbocycles. The Morgan fingerprint density at radius 3 is 2.54 bits per heavy atom. The molecular formula is C15H17ClF3N5OS. The molecule has 0 aliphatic heterocycles. The first-order valence-electron chi connectivity index (χ1n) is 7.45. The Hall–Kier alpha value is -2.07. The van der Waals surface area contributed by atoms with E-state index in [2.05, 4.69) is 20.7 Å². The van der Waals surface area contributed by atoms with E-state index < -0.39 is 17.8 Å². The van der Waals surface area contributed by atoms with Gasteiger partial charge >= 0.3 is 6.18 Å². The van der Waals surface area contributed by atoms with E-state index in [1.807, 2.05) is 25.9 Å². The van der Waals surface area contributed by atoms with Crippen LogP contribution in [0.15, 0.2) is 23.2 Å². The largest absolute Gasteiger partial charge is 0.432 e. The van der Waals surface area contributed by atoms with Gasteiger partial charge in [0.2, 0.25) is 5.96 Å². The molecule has 1 amide bonds. The van der Waals surface area contributed by atoms with Crippen molar-refractivity contribution >= 4 is 40.6 Å². The number of hydrogen-bond acceptors (Lipinski definition) is 4. The Balaban J connectivity index is 2.18. The molecule has 0 radical (unpaired) electrons. The fraction of sp³-hybridized carbons (Fsp3) is 0.400. The highest BCUT2D eigenvalue weighted by Crippen LogP contribution is 2.28. The monoisotopic (exact) mass is 407 g/mol. The number of nitrogens with zero attached hydrogens (tertiary/aromatic N) is 2. The van der Waals surface area contributed by atoms with Gasteiger partial charge in [-0.1, -0.05) is 32.4 Å². The summed E-state index contributed by atoms with van der Waals surface area (Å²) in [6.45, 7) is 6.14. The maximum absolute atomic E-state index is 12.7. The number of hydrogen-bond donors (Lipinski definition) is 3. The van der Waals surface area contributed by atoms with Gasteiger partial charge in [0, 0.05) is 12.6 Å². The van der Waals surface area contributed by atoms with Crippen LogP contribution in [0, 0.1) is 5.41 Å². The van der Waals surface area contributed by atoms with Crippen molar-refractivity contribution in [2.24, 2.45) is 10.4 Å². The molecule has 2 aromatic heterocycles. The van der Waals surface area contributed by atoms with E-state index in [1.54, 1.807) is 12.1 Å². The number of amides is 1. The average molecular weight is 408 g/mol. The standard InChI is InChI=1S/C15H17ClF3N5OS/c1-14(2,3)7-20-13(22-12(25)8-4-5-10(16)26-8)21-11-6-9(23-24-11)15(17,18)19/h4-6H,7H2,1-3H3,(H3,20,21,22,23,24,25). The SMILES string of the molecule is CC(C)(C)CN=C(NC(=O)c1ccc(Cl)s1)Nc1cc(C(F)(F)F)[nH]n1. The molecule has 0 bridgehead atoms. The van der Waals surface area contributed by atoms with E-state index in [9.17, 15) is 18.0 Å². The number of carbonyl (C=O) groups excluding carboxylic acids is 1. The van der Waals surface area contributed by atoms with Gasteiger partial charge in [-0.3, -0.25) is 20.2 Å². The summed E-state index contributed by atoms with van der Waals surface area (Å²) in [5, 5.41) is 10.6. The van der Waals surface area contributed by atoms with Crippen molar-refractivity contribution in [3.05, 3.63) is 33.1 Å². The summed E-state index contributed by atoms with van der Waals surface area (Å²) in [5.74, 6) is -0.599.